The van der Waals surface area contributed by atoms with Crippen molar-refractivity contribution in [2.45, 2.75) is 19.3 Å². The number of hydrogen-bond acceptors (Lipinski definition) is 5. The van der Waals surface area contributed by atoms with Gasteiger partial charge >= 0.3 is 6.01 Å². The Kier molecular flexibility index (Phi) is 5.45. The normalized spacial score (nSPS) is 15.0. The van der Waals surface area contributed by atoms with Crippen LogP contribution in [0.25, 0.3) is 11.1 Å². The van der Waals surface area contributed by atoms with Crippen LogP contribution in [0.2, 0.25) is 0 Å². The van der Waals surface area contributed by atoms with Crippen LogP contribution >= 0.6 is 0 Å². The topological polar surface area (TPSA) is 62.6 Å². The van der Waals surface area contributed by atoms with Gasteiger partial charge in [0.1, 0.15) is 12.4 Å². The number of benzene rings is 2. The molecule has 0 saturated carbocycles. The van der Waals surface area contributed by atoms with Crippen molar-refractivity contribution in [1.82, 2.24) is 9.55 Å². The predicted octanol–water partition coefficient (Wildman–Crippen LogP) is 3.31. The minimum Gasteiger partial charge on any atom is -0.484 e. The van der Waals surface area contributed by atoms with E-state index in [-0.39, 0.29) is 36.9 Å². The highest BCUT2D eigenvalue weighted by atomic mass is 19.1. The second-order valence-electron chi connectivity index (χ2n) is 6.71. The molecule has 1 atom stereocenters. The molecule has 0 spiro atoms. The first-order valence-electron chi connectivity index (χ1n) is 9.09. The number of hydrogen-bond donors (Lipinski definition) is 0. The molecule has 0 bridgehead atoms. The highest BCUT2D eigenvalue weighted by Crippen LogP contribution is 2.31. The van der Waals surface area contributed by atoms with E-state index in [1.807, 2.05) is 0 Å². The van der Waals surface area contributed by atoms with E-state index in [0.29, 0.717) is 5.69 Å². The van der Waals surface area contributed by atoms with Crippen LogP contribution in [-0.4, -0.2) is 29.4 Å². The largest absolute Gasteiger partial charge is 0.484 e. The Morgan fingerprint density at radius 2 is 1.87 bits per heavy atom. The summed E-state index contributed by atoms with van der Waals surface area (Å²) in [4.78, 5) is 15.4. The summed E-state index contributed by atoms with van der Waals surface area (Å²) in [6.07, 6.45) is -0.611. The SMILES string of the molecule is COCc1cc(=O)nc2n1C[C@@H](COc1c(F)cc(-c3ccccc3F)cc1F)O2. The molecule has 4 rings (SSSR count). The summed E-state index contributed by atoms with van der Waals surface area (Å²) in [5.41, 5.74) is 0.238. The number of aromatic nitrogens is 2. The second kappa shape index (κ2) is 8.19. The van der Waals surface area contributed by atoms with Gasteiger partial charge in [0.2, 0.25) is 0 Å². The first kappa shape index (κ1) is 20.0. The number of ether oxygens (including phenoxy) is 3. The lowest BCUT2D eigenvalue weighted by Crippen LogP contribution is -2.24. The van der Waals surface area contributed by atoms with Crippen LogP contribution in [0.1, 0.15) is 5.69 Å². The van der Waals surface area contributed by atoms with Gasteiger partial charge in [0.15, 0.2) is 23.5 Å². The van der Waals surface area contributed by atoms with Crippen LogP contribution in [0.4, 0.5) is 13.2 Å². The Morgan fingerprint density at radius 1 is 1.13 bits per heavy atom. The van der Waals surface area contributed by atoms with E-state index in [4.69, 9.17) is 14.2 Å². The molecule has 30 heavy (non-hydrogen) atoms. The average Bonchev–Trinajstić information content (AvgIpc) is 3.10. The summed E-state index contributed by atoms with van der Waals surface area (Å²) in [6.45, 7) is 0.275. The number of nitrogens with zero attached hydrogens (tertiary/aromatic N) is 2. The second-order valence-corrected chi connectivity index (χ2v) is 6.71. The minimum atomic E-state index is -0.962. The van der Waals surface area contributed by atoms with Crippen LogP contribution in [0.3, 0.4) is 0 Å². The maximum atomic E-state index is 14.5. The molecule has 0 amide bonds. The van der Waals surface area contributed by atoms with E-state index in [2.05, 4.69) is 4.98 Å². The van der Waals surface area contributed by atoms with Gasteiger partial charge in [0.25, 0.3) is 5.56 Å². The maximum absolute atomic E-state index is 14.5. The molecule has 1 aliphatic rings. The Morgan fingerprint density at radius 3 is 2.57 bits per heavy atom. The Balaban J connectivity index is 1.50. The van der Waals surface area contributed by atoms with Crippen LogP contribution in [0.5, 0.6) is 11.8 Å². The fraction of sp³-hybridized carbons (Fsp3) is 0.238. The van der Waals surface area contributed by atoms with Gasteiger partial charge in [-0.25, -0.2) is 13.2 Å². The fourth-order valence-electron chi connectivity index (χ4n) is 3.28. The lowest BCUT2D eigenvalue weighted by atomic mass is 10.0. The van der Waals surface area contributed by atoms with Gasteiger partial charge in [0.05, 0.1) is 18.8 Å². The fourth-order valence-corrected chi connectivity index (χ4v) is 3.28. The smallest absolute Gasteiger partial charge is 0.300 e. The van der Waals surface area contributed by atoms with Crippen molar-refractivity contribution in [2.24, 2.45) is 0 Å². The summed E-state index contributed by atoms with van der Waals surface area (Å²) in [5.74, 6) is -3.10. The lowest BCUT2D eigenvalue weighted by Gasteiger charge is -2.13. The number of rotatable bonds is 6. The molecule has 0 aliphatic carbocycles. The molecule has 156 valence electrons. The first-order valence-corrected chi connectivity index (χ1v) is 9.09. The third-order valence-electron chi connectivity index (χ3n) is 4.62. The Bertz CT molecular complexity index is 1130. The van der Waals surface area contributed by atoms with Crippen molar-refractivity contribution in [3.63, 3.8) is 0 Å². The van der Waals surface area contributed by atoms with Gasteiger partial charge in [0, 0.05) is 18.7 Å². The molecule has 1 aromatic heterocycles. The minimum absolute atomic E-state index is 0.0620. The van der Waals surface area contributed by atoms with E-state index in [9.17, 15) is 18.0 Å². The number of fused-ring (bicyclic) bond motifs is 1. The standard InChI is InChI=1S/C21H17F3N2O4/c1-28-10-13-8-19(27)25-21-26(13)9-14(30-21)11-29-20-17(23)6-12(7-18(20)24)15-4-2-3-5-16(15)22/h2-8,14H,9-11H2,1H3/t14-/m0/s1. The third-order valence-corrected chi connectivity index (χ3v) is 4.62. The molecule has 0 unspecified atom stereocenters. The molecule has 9 heteroatoms. The molecule has 0 saturated heterocycles. The molecule has 0 radical (unpaired) electrons. The van der Waals surface area contributed by atoms with Gasteiger partial charge < -0.3 is 14.2 Å². The van der Waals surface area contributed by atoms with Crippen LogP contribution in [0.15, 0.2) is 47.3 Å². The van der Waals surface area contributed by atoms with Gasteiger partial charge in [-0.05, 0) is 23.8 Å². The third kappa shape index (κ3) is 3.88. The van der Waals surface area contributed by atoms with Crippen LogP contribution < -0.4 is 15.0 Å². The zero-order chi connectivity index (χ0) is 21.3. The van der Waals surface area contributed by atoms with Gasteiger partial charge in [-0.2, -0.15) is 4.98 Å². The Labute approximate surface area is 169 Å². The molecular weight excluding hydrogens is 401 g/mol. The average molecular weight is 418 g/mol. The predicted molar refractivity (Wildman–Crippen MR) is 101 cm³/mol. The summed E-state index contributed by atoms with van der Waals surface area (Å²) in [5, 5.41) is 0. The van der Waals surface area contributed by atoms with Crippen LogP contribution in [-0.2, 0) is 17.9 Å². The highest BCUT2D eigenvalue weighted by molar-refractivity contribution is 5.65. The molecule has 1 aliphatic heterocycles. The van der Waals surface area contributed by atoms with E-state index in [0.717, 1.165) is 12.1 Å². The van der Waals surface area contributed by atoms with Crippen molar-refractivity contribution in [3.05, 3.63) is 76.0 Å². The lowest BCUT2D eigenvalue weighted by molar-refractivity contribution is 0.137. The molecule has 3 aromatic rings. The maximum Gasteiger partial charge on any atom is 0.300 e. The van der Waals surface area contributed by atoms with Crippen molar-refractivity contribution < 1.29 is 27.4 Å². The molecule has 2 heterocycles. The quantitative estimate of drug-likeness (QED) is 0.615. The van der Waals surface area contributed by atoms with Crippen molar-refractivity contribution in [3.8, 4) is 22.9 Å². The summed E-state index contributed by atoms with van der Waals surface area (Å²) < 4.78 is 60.4. The van der Waals surface area contributed by atoms with Gasteiger partial charge in [-0.3, -0.25) is 9.36 Å². The zero-order valence-electron chi connectivity index (χ0n) is 15.9. The molecular formula is C21H17F3N2O4. The van der Waals surface area contributed by atoms with Crippen molar-refractivity contribution in [2.75, 3.05) is 13.7 Å². The molecule has 0 N–H and O–H groups in total. The first-order chi connectivity index (χ1) is 14.5. The van der Waals surface area contributed by atoms with E-state index >= 15 is 0 Å². The Hall–Kier alpha value is -3.33. The number of halogens is 3. The monoisotopic (exact) mass is 418 g/mol. The van der Waals surface area contributed by atoms with E-state index in [1.54, 1.807) is 10.6 Å². The highest BCUT2D eigenvalue weighted by Gasteiger charge is 2.27. The molecule has 6 nitrogen and oxygen atoms in total. The summed E-state index contributed by atoms with van der Waals surface area (Å²) >= 11 is 0. The van der Waals surface area contributed by atoms with E-state index in [1.165, 1.54) is 31.4 Å². The molecule has 2 aromatic carbocycles. The van der Waals surface area contributed by atoms with Crippen molar-refractivity contribution >= 4 is 0 Å². The summed E-state index contributed by atoms with van der Waals surface area (Å²) in [6, 6.07) is 9.16. The van der Waals surface area contributed by atoms with Crippen molar-refractivity contribution in [1.29, 1.82) is 0 Å². The van der Waals surface area contributed by atoms with E-state index < -0.39 is 34.9 Å². The van der Waals surface area contributed by atoms with Crippen LogP contribution in [0, 0.1) is 17.5 Å². The zero-order valence-corrected chi connectivity index (χ0v) is 15.9. The number of methoxy groups -OCH3 is 1. The molecule has 0 fully saturated rings. The van der Waals surface area contributed by atoms with Gasteiger partial charge in [-0.1, -0.05) is 18.2 Å². The summed E-state index contributed by atoms with van der Waals surface area (Å²) in [7, 11) is 1.49. The van der Waals surface area contributed by atoms with Gasteiger partial charge in [-0.15, -0.1) is 0 Å².